The summed E-state index contributed by atoms with van der Waals surface area (Å²) in [7, 11) is 0. The third kappa shape index (κ3) is 6.76. The lowest BCUT2D eigenvalue weighted by atomic mass is 9.78. The average molecular weight is 485 g/mol. The maximum atomic E-state index is 12.5. The largest absolute Gasteiger partial charge is 0.490 e. The summed E-state index contributed by atoms with van der Waals surface area (Å²) in [5, 5.41) is 10.7. The molecular weight excluding hydrogens is 459 g/mol. The van der Waals surface area contributed by atoms with Crippen molar-refractivity contribution in [3.63, 3.8) is 0 Å². The van der Waals surface area contributed by atoms with Crippen molar-refractivity contribution in [2.24, 2.45) is 5.92 Å². The maximum Gasteiger partial charge on any atom is 0.490 e. The summed E-state index contributed by atoms with van der Waals surface area (Å²) in [4.78, 5) is 27.5. The third-order valence-corrected chi connectivity index (χ3v) is 6.01. The fourth-order valence-corrected chi connectivity index (χ4v) is 4.21. The highest BCUT2D eigenvalue weighted by Crippen LogP contribution is 2.42. The van der Waals surface area contributed by atoms with Crippen LogP contribution in [-0.2, 0) is 20.9 Å². The Balaban J connectivity index is 0.000000406. The molecule has 2 fully saturated rings. The molecule has 1 atom stereocenters. The van der Waals surface area contributed by atoms with Crippen LogP contribution >= 0.6 is 0 Å². The highest BCUT2D eigenvalue weighted by molar-refractivity contribution is 5.93. The first-order chi connectivity index (χ1) is 16.2. The van der Waals surface area contributed by atoms with Crippen LogP contribution < -0.4 is 0 Å². The molecule has 0 bridgehead atoms. The topological polar surface area (TPSA) is 115 Å². The van der Waals surface area contributed by atoms with Crippen molar-refractivity contribution in [2.75, 3.05) is 26.3 Å². The van der Waals surface area contributed by atoms with E-state index in [1.165, 1.54) is 12.5 Å². The number of carbonyl (C=O) groups excluding carboxylic acids is 1. The Morgan fingerprint density at radius 3 is 2.59 bits per heavy atom. The fraction of sp³-hybridized carbons (Fsp3) is 0.545. The van der Waals surface area contributed by atoms with Crippen LogP contribution in [0.25, 0.3) is 0 Å². The Labute approximate surface area is 193 Å². The zero-order valence-corrected chi connectivity index (χ0v) is 18.4. The van der Waals surface area contributed by atoms with Crippen molar-refractivity contribution in [3.8, 4) is 0 Å². The monoisotopic (exact) mass is 485 g/mol. The van der Waals surface area contributed by atoms with Gasteiger partial charge in [-0.2, -0.15) is 13.2 Å². The van der Waals surface area contributed by atoms with Crippen molar-refractivity contribution in [3.05, 3.63) is 48.1 Å². The molecule has 0 radical (unpaired) electrons. The lowest BCUT2D eigenvalue weighted by molar-refractivity contribution is -0.192. The molecule has 1 spiro atoms. The SMILES string of the molecule is O=C(O)C(F)(F)F.O=C(c1cnoc1)N1CCC2(CC1)OCCC2CCOCc1ccccn1. The van der Waals surface area contributed by atoms with Gasteiger partial charge in [-0.05, 0) is 43.7 Å². The van der Waals surface area contributed by atoms with E-state index in [2.05, 4.69) is 10.1 Å². The van der Waals surface area contributed by atoms with Gasteiger partial charge in [0.1, 0.15) is 6.26 Å². The normalized spacial score (nSPS) is 19.5. The summed E-state index contributed by atoms with van der Waals surface area (Å²) in [6.07, 6.45) is 3.36. The Morgan fingerprint density at radius 1 is 1.26 bits per heavy atom. The molecule has 4 heterocycles. The molecule has 34 heavy (non-hydrogen) atoms. The van der Waals surface area contributed by atoms with Crippen LogP contribution in [0.4, 0.5) is 13.2 Å². The first kappa shape index (κ1) is 25.6. The van der Waals surface area contributed by atoms with E-state index in [-0.39, 0.29) is 11.5 Å². The number of aliphatic carboxylic acids is 1. The van der Waals surface area contributed by atoms with Gasteiger partial charge in [-0.25, -0.2) is 4.79 Å². The average Bonchev–Trinajstić information content (AvgIpc) is 3.48. The van der Waals surface area contributed by atoms with E-state index in [1.54, 1.807) is 6.20 Å². The van der Waals surface area contributed by atoms with Gasteiger partial charge >= 0.3 is 12.1 Å². The van der Waals surface area contributed by atoms with Gasteiger partial charge < -0.3 is 24.0 Å². The van der Waals surface area contributed by atoms with Crippen LogP contribution in [-0.4, -0.2) is 70.1 Å². The van der Waals surface area contributed by atoms with Crippen LogP contribution in [0.5, 0.6) is 0 Å². The second-order valence-corrected chi connectivity index (χ2v) is 8.07. The summed E-state index contributed by atoms with van der Waals surface area (Å²) in [6.45, 7) is 3.45. The number of nitrogens with zero attached hydrogens (tertiary/aromatic N) is 3. The van der Waals surface area contributed by atoms with E-state index in [1.807, 2.05) is 23.1 Å². The smallest absolute Gasteiger partial charge is 0.475 e. The molecule has 0 aromatic carbocycles. The van der Waals surface area contributed by atoms with E-state index in [4.69, 9.17) is 23.9 Å². The van der Waals surface area contributed by atoms with Gasteiger partial charge in [-0.15, -0.1) is 0 Å². The second-order valence-electron chi connectivity index (χ2n) is 8.07. The van der Waals surface area contributed by atoms with Gasteiger partial charge in [-0.1, -0.05) is 11.2 Å². The van der Waals surface area contributed by atoms with Gasteiger partial charge in [0.25, 0.3) is 5.91 Å². The number of ether oxygens (including phenoxy) is 2. The number of rotatable bonds is 6. The number of hydrogen-bond donors (Lipinski definition) is 1. The fourth-order valence-electron chi connectivity index (χ4n) is 4.21. The van der Waals surface area contributed by atoms with E-state index in [0.717, 1.165) is 38.0 Å². The summed E-state index contributed by atoms with van der Waals surface area (Å²) in [6, 6.07) is 5.85. The lowest BCUT2D eigenvalue weighted by Crippen LogP contribution is -2.49. The van der Waals surface area contributed by atoms with Crippen molar-refractivity contribution in [2.45, 2.75) is 44.1 Å². The Morgan fingerprint density at radius 2 is 2.00 bits per heavy atom. The zero-order valence-electron chi connectivity index (χ0n) is 18.4. The molecule has 1 unspecified atom stereocenters. The summed E-state index contributed by atoms with van der Waals surface area (Å²) in [5.41, 5.74) is 1.35. The number of carboxylic acids is 1. The van der Waals surface area contributed by atoms with Gasteiger partial charge in [-0.3, -0.25) is 9.78 Å². The molecule has 12 heteroatoms. The quantitative estimate of drug-likeness (QED) is 0.620. The molecule has 186 valence electrons. The van der Waals surface area contributed by atoms with Crippen molar-refractivity contribution in [1.29, 1.82) is 0 Å². The number of likely N-dealkylation sites (tertiary alicyclic amines) is 1. The lowest BCUT2D eigenvalue weighted by Gasteiger charge is -2.42. The molecule has 1 N–H and O–H groups in total. The standard InChI is InChI=1S/C20H25N3O4.C2HF3O2/c24-19(16-13-22-27-14-16)23-9-6-20(7-10-23)17(5-12-26-20)4-11-25-15-18-3-1-2-8-21-18;3-2(4,5)1(6)7/h1-3,8,13-14,17H,4-7,9-12,15H2;(H,6,7). The summed E-state index contributed by atoms with van der Waals surface area (Å²) < 4.78 is 48.5. The molecule has 2 saturated heterocycles. The predicted octanol–water partition coefficient (Wildman–Crippen LogP) is 3.32. The van der Waals surface area contributed by atoms with E-state index in [0.29, 0.717) is 37.8 Å². The van der Waals surface area contributed by atoms with Crippen LogP contribution in [0.1, 0.15) is 41.7 Å². The molecule has 0 saturated carbocycles. The molecule has 2 aliphatic heterocycles. The van der Waals surface area contributed by atoms with Crippen molar-refractivity contribution in [1.82, 2.24) is 15.0 Å². The minimum Gasteiger partial charge on any atom is -0.475 e. The molecule has 2 aromatic rings. The number of amides is 1. The number of halogens is 3. The number of piperidine rings is 1. The number of aromatic nitrogens is 2. The van der Waals surface area contributed by atoms with Crippen LogP contribution in [0.2, 0.25) is 0 Å². The highest BCUT2D eigenvalue weighted by atomic mass is 19.4. The molecule has 4 rings (SSSR count). The van der Waals surface area contributed by atoms with Crippen LogP contribution in [0.3, 0.4) is 0 Å². The first-order valence-corrected chi connectivity index (χ1v) is 10.8. The first-order valence-electron chi connectivity index (χ1n) is 10.8. The van der Waals surface area contributed by atoms with Gasteiger partial charge in [0.15, 0.2) is 0 Å². The van der Waals surface area contributed by atoms with E-state index < -0.39 is 12.1 Å². The van der Waals surface area contributed by atoms with Gasteiger partial charge in [0.2, 0.25) is 0 Å². The van der Waals surface area contributed by atoms with Crippen LogP contribution in [0, 0.1) is 5.92 Å². The summed E-state index contributed by atoms with van der Waals surface area (Å²) >= 11 is 0. The highest BCUT2D eigenvalue weighted by Gasteiger charge is 2.46. The Kier molecular flexibility index (Phi) is 8.61. The molecule has 0 aliphatic carbocycles. The van der Waals surface area contributed by atoms with E-state index >= 15 is 0 Å². The number of hydrogen-bond acceptors (Lipinski definition) is 7. The molecule has 9 nitrogen and oxygen atoms in total. The maximum absolute atomic E-state index is 12.5. The third-order valence-electron chi connectivity index (χ3n) is 6.01. The number of carboxylic acid groups (broad SMARTS) is 1. The predicted molar refractivity (Wildman–Crippen MR) is 111 cm³/mol. The van der Waals surface area contributed by atoms with Crippen molar-refractivity contribution >= 4 is 11.9 Å². The number of alkyl halides is 3. The Hall–Kier alpha value is -2.99. The molecular formula is C22H26F3N3O6. The van der Waals surface area contributed by atoms with Crippen LogP contribution in [0.15, 0.2) is 41.4 Å². The minimum absolute atomic E-state index is 0.0145. The molecule has 2 aliphatic rings. The molecule has 1 amide bonds. The zero-order chi connectivity index (χ0) is 24.6. The minimum atomic E-state index is -5.08. The number of pyridine rings is 1. The van der Waals surface area contributed by atoms with Crippen molar-refractivity contribution < 1.29 is 41.9 Å². The van der Waals surface area contributed by atoms with Gasteiger partial charge in [0.05, 0.1) is 29.7 Å². The number of carbonyl (C=O) groups is 2. The molecule has 2 aromatic heterocycles. The second kappa shape index (κ2) is 11.4. The van der Waals surface area contributed by atoms with Gasteiger partial charge in [0, 0.05) is 32.5 Å². The summed E-state index contributed by atoms with van der Waals surface area (Å²) in [5.74, 6) is -2.29. The van der Waals surface area contributed by atoms with E-state index in [9.17, 15) is 18.0 Å². The Bertz CT molecular complexity index is 916.